The summed E-state index contributed by atoms with van der Waals surface area (Å²) in [5, 5.41) is 9.50. The maximum Gasteiger partial charge on any atom is 0.248 e. The number of hydrogen-bond acceptors (Lipinski definition) is 6. The largest absolute Gasteiger partial charge is 0.494 e. The highest BCUT2D eigenvalue weighted by Gasteiger charge is 2.25. The number of carbonyl (C=O) groups is 2. The van der Waals surface area contributed by atoms with Gasteiger partial charge >= 0.3 is 0 Å². The summed E-state index contributed by atoms with van der Waals surface area (Å²) in [4.78, 5) is 25.9. The van der Waals surface area contributed by atoms with E-state index >= 15 is 0 Å². The molecule has 2 amide bonds. The number of methoxy groups -OCH3 is 1. The van der Waals surface area contributed by atoms with E-state index in [4.69, 9.17) is 9.26 Å². The summed E-state index contributed by atoms with van der Waals surface area (Å²) >= 11 is 0. The third-order valence-corrected chi connectivity index (χ3v) is 4.19. The second-order valence-electron chi connectivity index (χ2n) is 6.22. The first kappa shape index (κ1) is 17.8. The van der Waals surface area contributed by atoms with E-state index in [1.165, 1.54) is 0 Å². The first-order valence-electron chi connectivity index (χ1n) is 8.47. The van der Waals surface area contributed by atoms with Gasteiger partial charge in [0, 0.05) is 30.8 Å². The molecule has 2 heterocycles. The summed E-state index contributed by atoms with van der Waals surface area (Å²) in [6.45, 7) is 4.21. The lowest BCUT2D eigenvalue weighted by molar-refractivity contribution is -0.117. The van der Waals surface area contributed by atoms with Crippen LogP contribution in [0.4, 0.5) is 17.3 Å². The Bertz CT molecular complexity index is 817. The first-order valence-corrected chi connectivity index (χ1v) is 8.47. The molecule has 1 fully saturated rings. The highest BCUT2D eigenvalue weighted by molar-refractivity contribution is 5.97. The van der Waals surface area contributed by atoms with Gasteiger partial charge in [0.2, 0.25) is 17.7 Å². The standard InChI is InChI=1S/C18H22N4O4/c1-11-9-16(26-21-11)20-18(24)12(2)19-13-6-7-14(15(10-13)25-3)22-8-4-5-17(22)23/h6-7,9-10,12,19H,4-5,8H2,1-3H3,(H,20,24)/t12-/m1/s1. The van der Waals surface area contributed by atoms with Crippen LogP contribution in [-0.4, -0.2) is 36.7 Å². The van der Waals surface area contributed by atoms with Crippen LogP contribution in [0.15, 0.2) is 28.8 Å². The van der Waals surface area contributed by atoms with Gasteiger partial charge in [-0.2, -0.15) is 0 Å². The second kappa shape index (κ2) is 7.47. The molecule has 1 saturated heterocycles. The molecule has 0 saturated carbocycles. The number of hydrogen-bond donors (Lipinski definition) is 2. The molecule has 8 heteroatoms. The molecule has 1 aliphatic heterocycles. The van der Waals surface area contributed by atoms with Crippen LogP contribution in [-0.2, 0) is 9.59 Å². The van der Waals surface area contributed by atoms with E-state index in [2.05, 4.69) is 15.8 Å². The van der Waals surface area contributed by atoms with Gasteiger partial charge in [-0.05, 0) is 32.4 Å². The van der Waals surface area contributed by atoms with Crippen LogP contribution in [0.1, 0.15) is 25.5 Å². The predicted molar refractivity (Wildman–Crippen MR) is 97.5 cm³/mol. The molecule has 3 rings (SSSR count). The Balaban J connectivity index is 1.69. The minimum absolute atomic E-state index is 0.0964. The van der Waals surface area contributed by atoms with Crippen LogP contribution in [0.5, 0.6) is 5.75 Å². The lowest BCUT2D eigenvalue weighted by Crippen LogP contribution is -2.31. The quantitative estimate of drug-likeness (QED) is 0.824. The number of anilines is 3. The fraction of sp³-hybridized carbons (Fsp3) is 0.389. The van der Waals surface area contributed by atoms with Gasteiger partial charge < -0.3 is 19.5 Å². The zero-order valence-electron chi connectivity index (χ0n) is 15.0. The second-order valence-corrected chi connectivity index (χ2v) is 6.22. The van der Waals surface area contributed by atoms with Crippen molar-refractivity contribution in [3.05, 3.63) is 30.0 Å². The average molecular weight is 358 g/mol. The lowest BCUT2D eigenvalue weighted by atomic mass is 10.2. The van der Waals surface area contributed by atoms with Crippen molar-refractivity contribution < 1.29 is 18.8 Å². The van der Waals surface area contributed by atoms with Crippen LogP contribution in [0.3, 0.4) is 0 Å². The Morgan fingerprint density at radius 2 is 2.19 bits per heavy atom. The number of rotatable bonds is 6. The number of nitrogens with one attached hydrogen (secondary N) is 2. The van der Waals surface area contributed by atoms with Crippen molar-refractivity contribution >= 4 is 29.1 Å². The molecule has 1 atom stereocenters. The Hall–Kier alpha value is -3.03. The maximum absolute atomic E-state index is 12.3. The molecule has 0 radical (unpaired) electrons. The van der Waals surface area contributed by atoms with Crippen molar-refractivity contribution in [2.45, 2.75) is 32.7 Å². The van der Waals surface area contributed by atoms with E-state index in [9.17, 15) is 9.59 Å². The monoisotopic (exact) mass is 358 g/mol. The molecule has 138 valence electrons. The summed E-state index contributed by atoms with van der Waals surface area (Å²) in [7, 11) is 1.56. The Labute approximate surface area is 151 Å². The molecule has 8 nitrogen and oxygen atoms in total. The van der Waals surface area contributed by atoms with E-state index in [0.717, 1.165) is 12.1 Å². The van der Waals surface area contributed by atoms with Gasteiger partial charge in [0.05, 0.1) is 18.5 Å². The van der Waals surface area contributed by atoms with Gasteiger partial charge in [-0.15, -0.1) is 0 Å². The van der Waals surface area contributed by atoms with Gasteiger partial charge in [-0.25, -0.2) is 0 Å². The topological polar surface area (TPSA) is 96.7 Å². The van der Waals surface area contributed by atoms with Crippen molar-refractivity contribution in [3.63, 3.8) is 0 Å². The number of aryl methyl sites for hydroxylation is 1. The lowest BCUT2D eigenvalue weighted by Gasteiger charge is -2.21. The van der Waals surface area contributed by atoms with E-state index in [1.807, 2.05) is 12.1 Å². The molecule has 26 heavy (non-hydrogen) atoms. The van der Waals surface area contributed by atoms with E-state index < -0.39 is 6.04 Å². The molecule has 0 unspecified atom stereocenters. The molecule has 1 aromatic carbocycles. The van der Waals surface area contributed by atoms with E-state index in [0.29, 0.717) is 36.0 Å². The molecular weight excluding hydrogens is 336 g/mol. The molecule has 0 aliphatic carbocycles. The minimum Gasteiger partial charge on any atom is -0.494 e. The highest BCUT2D eigenvalue weighted by atomic mass is 16.5. The maximum atomic E-state index is 12.3. The normalized spacial score (nSPS) is 15.0. The van der Waals surface area contributed by atoms with Gasteiger partial charge in [0.1, 0.15) is 11.8 Å². The SMILES string of the molecule is COc1cc(N[C@H](C)C(=O)Nc2cc(C)no2)ccc1N1CCCC1=O. The molecule has 1 aliphatic rings. The minimum atomic E-state index is -0.510. The van der Waals surface area contributed by atoms with E-state index in [1.54, 1.807) is 38.0 Å². The first-order chi connectivity index (χ1) is 12.5. The van der Waals surface area contributed by atoms with Crippen LogP contribution in [0, 0.1) is 6.92 Å². The van der Waals surface area contributed by atoms with Crippen molar-refractivity contribution in [2.24, 2.45) is 0 Å². The number of amides is 2. The number of carbonyl (C=O) groups excluding carboxylic acids is 2. The summed E-state index contributed by atoms with van der Waals surface area (Å²) in [5.41, 5.74) is 2.15. The number of nitrogens with zero attached hydrogens (tertiary/aromatic N) is 2. The van der Waals surface area contributed by atoms with E-state index in [-0.39, 0.29) is 11.8 Å². The van der Waals surface area contributed by atoms with Crippen LogP contribution < -0.4 is 20.3 Å². The fourth-order valence-electron chi connectivity index (χ4n) is 2.86. The molecule has 0 bridgehead atoms. The highest BCUT2D eigenvalue weighted by Crippen LogP contribution is 2.34. The van der Waals surface area contributed by atoms with Gasteiger partial charge in [-0.3, -0.25) is 14.9 Å². The van der Waals surface area contributed by atoms with Crippen molar-refractivity contribution in [2.75, 3.05) is 29.2 Å². The van der Waals surface area contributed by atoms with Crippen LogP contribution >= 0.6 is 0 Å². The van der Waals surface area contributed by atoms with Crippen molar-refractivity contribution in [3.8, 4) is 5.75 Å². The Morgan fingerprint density at radius 1 is 1.38 bits per heavy atom. The third kappa shape index (κ3) is 3.79. The summed E-state index contributed by atoms with van der Waals surface area (Å²) in [5.74, 6) is 0.739. The van der Waals surface area contributed by atoms with Crippen LogP contribution in [0.25, 0.3) is 0 Å². The smallest absolute Gasteiger partial charge is 0.248 e. The molecule has 0 spiro atoms. The fourth-order valence-corrected chi connectivity index (χ4v) is 2.86. The Morgan fingerprint density at radius 3 is 2.81 bits per heavy atom. The summed E-state index contributed by atoms with van der Waals surface area (Å²) < 4.78 is 10.4. The Kier molecular flexibility index (Phi) is 5.11. The average Bonchev–Trinajstić information content (AvgIpc) is 3.22. The number of ether oxygens (including phenoxy) is 1. The molecule has 2 N–H and O–H groups in total. The third-order valence-electron chi connectivity index (χ3n) is 4.19. The van der Waals surface area contributed by atoms with Crippen molar-refractivity contribution in [1.29, 1.82) is 0 Å². The zero-order chi connectivity index (χ0) is 18.7. The number of benzene rings is 1. The van der Waals surface area contributed by atoms with Crippen molar-refractivity contribution in [1.82, 2.24) is 5.16 Å². The number of aromatic nitrogens is 1. The molecule has 1 aromatic heterocycles. The van der Waals surface area contributed by atoms with Gasteiger partial charge in [-0.1, -0.05) is 5.16 Å². The predicted octanol–water partition coefficient (Wildman–Crippen LogP) is 2.56. The van der Waals surface area contributed by atoms with Crippen LogP contribution in [0.2, 0.25) is 0 Å². The summed E-state index contributed by atoms with van der Waals surface area (Å²) in [6, 6.07) is 6.57. The molecular formula is C18H22N4O4. The van der Waals surface area contributed by atoms with Gasteiger partial charge in [0.15, 0.2) is 0 Å². The van der Waals surface area contributed by atoms with Gasteiger partial charge in [0.25, 0.3) is 0 Å². The molecule has 2 aromatic rings. The summed E-state index contributed by atoms with van der Waals surface area (Å²) in [6.07, 6.45) is 1.40. The zero-order valence-corrected chi connectivity index (χ0v) is 15.0.